The van der Waals surface area contributed by atoms with Gasteiger partial charge in [-0.2, -0.15) is 0 Å². The molecule has 0 saturated carbocycles. The Labute approximate surface area is 473 Å². The molecule has 5 nitrogen and oxygen atoms in total. The van der Waals surface area contributed by atoms with E-state index in [4.69, 9.17) is 9.98 Å². The number of allylic oxidation sites excluding steroid dienone is 4. The minimum absolute atomic E-state index is 0.220. The third-order valence-corrected chi connectivity index (χ3v) is 17.7. The van der Waals surface area contributed by atoms with E-state index in [2.05, 4.69) is 294 Å². The van der Waals surface area contributed by atoms with Crippen molar-refractivity contribution >= 4 is 86.8 Å². The van der Waals surface area contributed by atoms with Crippen molar-refractivity contribution < 1.29 is 0 Å². The minimum atomic E-state index is -0.505. The fraction of sp³-hybridized carbons (Fsp3) is 0.0400. The van der Waals surface area contributed by atoms with E-state index in [0.29, 0.717) is 5.84 Å². The van der Waals surface area contributed by atoms with Gasteiger partial charge in [-0.05, 0) is 106 Å². The Morgan fingerprint density at radius 2 is 1.02 bits per heavy atom. The van der Waals surface area contributed by atoms with Gasteiger partial charge in [0.25, 0.3) is 0 Å². The van der Waals surface area contributed by atoms with Crippen LogP contribution in [0.25, 0.3) is 109 Å². The van der Waals surface area contributed by atoms with E-state index in [0.717, 1.165) is 62.5 Å². The van der Waals surface area contributed by atoms with E-state index in [-0.39, 0.29) is 5.92 Å². The molecule has 0 radical (unpaired) electrons. The van der Waals surface area contributed by atoms with Crippen LogP contribution in [0, 0.1) is 0 Å². The summed E-state index contributed by atoms with van der Waals surface area (Å²) in [4.78, 5) is 11.1. The molecule has 0 fully saturated rings. The highest BCUT2D eigenvalue weighted by molar-refractivity contribution is 7.25. The number of nitrogens with one attached hydrogen (secondary N) is 1. The van der Waals surface area contributed by atoms with Gasteiger partial charge in [-0.25, -0.2) is 9.98 Å². The van der Waals surface area contributed by atoms with Gasteiger partial charge in [-0.15, -0.1) is 11.3 Å². The molecule has 2 atom stereocenters. The van der Waals surface area contributed by atoms with Gasteiger partial charge in [-0.3, -0.25) is 0 Å². The van der Waals surface area contributed by atoms with Gasteiger partial charge in [0.1, 0.15) is 12.0 Å². The van der Waals surface area contributed by atoms with Crippen LogP contribution in [0.3, 0.4) is 0 Å². The van der Waals surface area contributed by atoms with Gasteiger partial charge in [0.05, 0.1) is 27.8 Å². The molecule has 4 heterocycles. The number of para-hydroxylation sites is 2. The summed E-state index contributed by atoms with van der Waals surface area (Å²) < 4.78 is 7.45. The van der Waals surface area contributed by atoms with E-state index in [1.807, 2.05) is 11.3 Å². The molecule has 6 heteroatoms. The first-order valence-corrected chi connectivity index (χ1v) is 28.7. The highest BCUT2D eigenvalue weighted by atomic mass is 32.1. The third-order valence-electron chi connectivity index (χ3n) is 16.5. The maximum Gasteiger partial charge on any atom is 0.159 e. The van der Waals surface area contributed by atoms with Crippen molar-refractivity contribution in [2.45, 2.75) is 18.5 Å². The summed E-state index contributed by atoms with van der Waals surface area (Å²) in [7, 11) is 0. The number of fused-ring (bicyclic) bond motifs is 9. The monoisotopic (exact) mass is 1050 g/mol. The number of amidine groups is 2. The van der Waals surface area contributed by atoms with Crippen molar-refractivity contribution in [2.24, 2.45) is 9.98 Å². The number of thiophene rings is 1. The number of rotatable bonds is 9. The summed E-state index contributed by atoms with van der Waals surface area (Å²) in [5.74, 6) is 1.69. The molecule has 0 amide bonds. The van der Waals surface area contributed by atoms with Crippen molar-refractivity contribution in [3.63, 3.8) is 0 Å². The summed E-state index contributed by atoms with van der Waals surface area (Å²) in [6.45, 7) is 0. The van der Waals surface area contributed by atoms with Crippen molar-refractivity contribution in [2.75, 3.05) is 0 Å². The van der Waals surface area contributed by atoms with Crippen LogP contribution in [-0.2, 0) is 0 Å². The Morgan fingerprint density at radius 3 is 1.79 bits per heavy atom. The first kappa shape index (κ1) is 46.9. The lowest BCUT2D eigenvalue weighted by Gasteiger charge is -2.27. The molecule has 1 aliphatic carbocycles. The first-order valence-electron chi connectivity index (χ1n) is 27.9. The Kier molecular flexibility index (Phi) is 11.2. The van der Waals surface area contributed by atoms with E-state index in [9.17, 15) is 0 Å². The number of aliphatic imine (C=N–C) groups is 2. The van der Waals surface area contributed by atoms with Crippen LogP contribution in [-0.4, -0.2) is 20.8 Å². The second-order valence-corrected chi connectivity index (χ2v) is 22.3. The molecular weight excluding hydrogens is 1000 g/mol. The van der Waals surface area contributed by atoms with Crippen LogP contribution in [0.15, 0.2) is 289 Å². The second kappa shape index (κ2) is 19.3. The van der Waals surface area contributed by atoms with Gasteiger partial charge in [0, 0.05) is 70.0 Å². The third kappa shape index (κ3) is 7.97. The standard InChI is InChI=1S/C75H51N5S/c1-5-20-48(21-6-1)51-26-17-27-54(44-51)73-76-74(55-40-41-58-57-30-14-16-37-69(57)81-70(58)47-55)78-75(77-73)63-43-39-53(50-24-9-3-10-25-50)46-68(63)80-64-34-15-13-31-61(64)71-59(33-19-36-66(71)80)60-32-18-35-65-72(60)62-42-38-52(49-22-7-2-8-23-49)45-67(62)79(65)56-28-11-4-12-29-56/h1-24,26-47,50,75H,25H2,(H,76,77,78). The molecule has 11 aromatic carbocycles. The Hall–Kier alpha value is -10.1. The molecular formula is C75H51N5S. The number of nitrogens with zero attached hydrogens (tertiary/aromatic N) is 4. The van der Waals surface area contributed by atoms with Crippen molar-refractivity contribution in [1.82, 2.24) is 14.5 Å². The van der Waals surface area contributed by atoms with Crippen molar-refractivity contribution in [1.29, 1.82) is 0 Å². The van der Waals surface area contributed by atoms with Crippen molar-refractivity contribution in [3.05, 3.63) is 301 Å². The molecule has 16 rings (SSSR count). The van der Waals surface area contributed by atoms with Crippen LogP contribution in [0.5, 0.6) is 0 Å². The fourth-order valence-electron chi connectivity index (χ4n) is 12.7. The van der Waals surface area contributed by atoms with Crippen LogP contribution in [0.4, 0.5) is 0 Å². The van der Waals surface area contributed by atoms with Gasteiger partial charge < -0.3 is 14.5 Å². The molecule has 1 aliphatic heterocycles. The zero-order valence-corrected chi connectivity index (χ0v) is 44.9. The Bertz CT molecular complexity index is 4940. The maximum atomic E-state index is 5.66. The van der Waals surface area contributed by atoms with Gasteiger partial charge in [-0.1, -0.05) is 218 Å². The van der Waals surface area contributed by atoms with Gasteiger partial charge >= 0.3 is 0 Å². The average Bonchev–Trinajstić information content (AvgIpc) is 4.19. The number of benzene rings is 11. The quantitative estimate of drug-likeness (QED) is 0.154. The largest absolute Gasteiger partial charge is 0.344 e. The van der Waals surface area contributed by atoms with Crippen LogP contribution in [0.1, 0.15) is 40.8 Å². The molecule has 2 aliphatic rings. The van der Waals surface area contributed by atoms with Crippen LogP contribution < -0.4 is 5.32 Å². The zero-order chi connectivity index (χ0) is 53.4. The molecule has 0 saturated heterocycles. The lowest BCUT2D eigenvalue weighted by Crippen LogP contribution is -2.34. The lowest BCUT2D eigenvalue weighted by atomic mass is 9.90. The average molecular weight is 1050 g/mol. The summed E-state index contributed by atoms with van der Waals surface area (Å²) >= 11 is 1.82. The molecule has 3 aromatic heterocycles. The second-order valence-electron chi connectivity index (χ2n) is 21.2. The lowest BCUT2D eigenvalue weighted by molar-refractivity contribution is 0.669. The highest BCUT2D eigenvalue weighted by Gasteiger charge is 2.28. The number of hydrogen-bond acceptors (Lipinski definition) is 4. The first-order chi connectivity index (χ1) is 40.2. The van der Waals surface area contributed by atoms with Crippen molar-refractivity contribution in [3.8, 4) is 44.8 Å². The maximum absolute atomic E-state index is 5.66. The molecule has 0 spiro atoms. The summed E-state index contributed by atoms with van der Waals surface area (Å²) in [6.07, 6.45) is 9.38. The predicted molar refractivity (Wildman–Crippen MR) is 342 cm³/mol. The summed E-state index contributed by atoms with van der Waals surface area (Å²) in [5.41, 5.74) is 18.1. The summed E-state index contributed by atoms with van der Waals surface area (Å²) in [5, 5.41) is 11.3. The summed E-state index contributed by atoms with van der Waals surface area (Å²) in [6, 6.07) is 93.0. The Balaban J connectivity index is 0.916. The van der Waals surface area contributed by atoms with E-state index in [1.54, 1.807) is 0 Å². The molecule has 81 heavy (non-hydrogen) atoms. The van der Waals surface area contributed by atoms with E-state index in [1.165, 1.54) is 80.6 Å². The van der Waals surface area contributed by atoms with Gasteiger partial charge in [0.2, 0.25) is 0 Å². The fourth-order valence-corrected chi connectivity index (χ4v) is 13.9. The minimum Gasteiger partial charge on any atom is -0.344 e. The topological polar surface area (TPSA) is 46.6 Å². The van der Waals surface area contributed by atoms with Crippen LogP contribution >= 0.6 is 11.3 Å². The molecule has 0 bridgehead atoms. The zero-order valence-electron chi connectivity index (χ0n) is 44.1. The predicted octanol–water partition coefficient (Wildman–Crippen LogP) is 19.3. The van der Waals surface area contributed by atoms with Crippen LogP contribution in [0.2, 0.25) is 0 Å². The van der Waals surface area contributed by atoms with E-state index >= 15 is 0 Å². The molecule has 2 unspecified atom stereocenters. The molecule has 14 aromatic rings. The van der Waals surface area contributed by atoms with E-state index < -0.39 is 6.17 Å². The Morgan fingerprint density at radius 1 is 0.420 bits per heavy atom. The smallest absolute Gasteiger partial charge is 0.159 e. The number of hydrogen-bond donors (Lipinski definition) is 1. The molecule has 1 N–H and O–H groups in total. The highest BCUT2D eigenvalue weighted by Crippen LogP contribution is 2.46. The number of aromatic nitrogens is 2. The molecule has 382 valence electrons. The van der Waals surface area contributed by atoms with Gasteiger partial charge in [0.15, 0.2) is 5.84 Å². The normalized spacial score (nSPS) is 15.3. The SMILES string of the molecule is C1=CCC(c2ccc(C3N=C(c4cccc(-c5ccccc5)c4)N=C(c4ccc5c(c4)sc4ccccc45)N3)c(-n3c4ccccc4c4c(-c5cccc6c5c5ccc(-c7ccccc7)cc5n6-c5ccccc5)cccc43)c2)C=C1.